The molecular formula is C20H25N3O2. The van der Waals surface area contributed by atoms with E-state index in [0.29, 0.717) is 6.04 Å². The summed E-state index contributed by atoms with van der Waals surface area (Å²) < 4.78 is 7.39. The lowest BCUT2D eigenvalue weighted by Crippen LogP contribution is -2.26. The highest BCUT2D eigenvalue weighted by atomic mass is 16.3. The van der Waals surface area contributed by atoms with Gasteiger partial charge in [-0.1, -0.05) is 18.2 Å². The molecule has 5 nitrogen and oxygen atoms in total. The largest absolute Gasteiger partial charge is 0.469 e. The Bertz CT molecular complexity index is 849. The van der Waals surface area contributed by atoms with Gasteiger partial charge in [0.2, 0.25) is 5.91 Å². The number of aryl methyl sites for hydroxylation is 1. The molecule has 1 unspecified atom stereocenters. The third-order valence-corrected chi connectivity index (χ3v) is 4.71. The second kappa shape index (κ2) is 7.57. The number of aromatic nitrogens is 1. The van der Waals surface area contributed by atoms with Gasteiger partial charge in [-0.2, -0.15) is 0 Å². The number of amides is 1. The van der Waals surface area contributed by atoms with Crippen LogP contribution in [0, 0.1) is 6.92 Å². The predicted octanol–water partition coefficient (Wildman–Crippen LogP) is 3.14. The highest BCUT2D eigenvalue weighted by Gasteiger charge is 2.15. The molecule has 0 aliphatic heterocycles. The average Bonchev–Trinajstić information content (AvgIpc) is 3.19. The topological polar surface area (TPSA) is 73.2 Å². The van der Waals surface area contributed by atoms with E-state index in [1.54, 1.807) is 6.26 Å². The molecule has 0 radical (unpaired) electrons. The first kappa shape index (κ1) is 17.3. The van der Waals surface area contributed by atoms with Crippen molar-refractivity contribution in [2.75, 3.05) is 0 Å². The summed E-state index contributed by atoms with van der Waals surface area (Å²) in [6.07, 6.45) is 3.64. The number of para-hydroxylation sites is 1. The van der Waals surface area contributed by atoms with E-state index in [1.807, 2.05) is 41.8 Å². The Kier molecular flexibility index (Phi) is 5.24. The fourth-order valence-corrected chi connectivity index (χ4v) is 3.28. The van der Waals surface area contributed by atoms with Crippen molar-refractivity contribution in [1.29, 1.82) is 0 Å². The number of rotatable bonds is 8. The van der Waals surface area contributed by atoms with Gasteiger partial charge in [0.1, 0.15) is 12.3 Å². The number of fused-ring (bicyclic) bond motifs is 1. The van der Waals surface area contributed by atoms with Gasteiger partial charge in [0.05, 0.1) is 6.26 Å². The predicted molar refractivity (Wildman–Crippen MR) is 99.2 cm³/mol. The molecule has 2 heterocycles. The SMILES string of the molecule is Cc1c(CNC(C)CCc2ccco2)c2ccccc2n1CC(N)=O. The Hall–Kier alpha value is -2.53. The van der Waals surface area contributed by atoms with Gasteiger partial charge in [-0.15, -0.1) is 0 Å². The standard InChI is InChI=1S/C20H25N3O2/c1-14(9-10-16-6-5-11-25-16)22-12-18-15(2)23(13-20(21)24)19-8-4-3-7-17(18)19/h3-8,11,14,22H,9-10,12-13H2,1-2H3,(H2,21,24). The van der Waals surface area contributed by atoms with E-state index < -0.39 is 0 Å². The van der Waals surface area contributed by atoms with Gasteiger partial charge >= 0.3 is 0 Å². The van der Waals surface area contributed by atoms with E-state index >= 15 is 0 Å². The molecule has 25 heavy (non-hydrogen) atoms. The Labute approximate surface area is 147 Å². The zero-order valence-corrected chi connectivity index (χ0v) is 14.8. The Morgan fingerprint density at radius 1 is 1.28 bits per heavy atom. The van der Waals surface area contributed by atoms with Gasteiger partial charge in [-0.25, -0.2) is 0 Å². The van der Waals surface area contributed by atoms with E-state index in [1.165, 1.54) is 10.9 Å². The summed E-state index contributed by atoms with van der Waals surface area (Å²) in [5, 5.41) is 4.76. The second-order valence-corrected chi connectivity index (χ2v) is 6.53. The molecule has 1 atom stereocenters. The molecule has 0 saturated carbocycles. The number of carbonyl (C=O) groups is 1. The van der Waals surface area contributed by atoms with Crippen molar-refractivity contribution in [3.63, 3.8) is 0 Å². The summed E-state index contributed by atoms with van der Waals surface area (Å²) in [6, 6.07) is 12.4. The minimum absolute atomic E-state index is 0.209. The second-order valence-electron chi connectivity index (χ2n) is 6.53. The third-order valence-electron chi connectivity index (χ3n) is 4.71. The minimum Gasteiger partial charge on any atom is -0.469 e. The van der Waals surface area contributed by atoms with Gasteiger partial charge in [0.15, 0.2) is 0 Å². The molecule has 0 aliphatic carbocycles. The summed E-state index contributed by atoms with van der Waals surface area (Å²) in [4.78, 5) is 11.4. The summed E-state index contributed by atoms with van der Waals surface area (Å²) in [5.41, 5.74) is 8.78. The molecular weight excluding hydrogens is 314 g/mol. The monoisotopic (exact) mass is 339 g/mol. The Morgan fingerprint density at radius 3 is 2.80 bits per heavy atom. The van der Waals surface area contributed by atoms with Crippen LogP contribution in [0.15, 0.2) is 47.1 Å². The number of nitrogens with zero attached hydrogens (tertiary/aromatic N) is 1. The summed E-state index contributed by atoms with van der Waals surface area (Å²) >= 11 is 0. The molecule has 0 fully saturated rings. The smallest absolute Gasteiger partial charge is 0.237 e. The molecule has 3 rings (SSSR count). The normalized spacial score (nSPS) is 12.6. The van der Waals surface area contributed by atoms with Gasteiger partial charge in [0.25, 0.3) is 0 Å². The van der Waals surface area contributed by atoms with Crippen LogP contribution >= 0.6 is 0 Å². The van der Waals surface area contributed by atoms with Crippen LogP contribution in [-0.4, -0.2) is 16.5 Å². The van der Waals surface area contributed by atoms with Crippen LogP contribution in [0.3, 0.4) is 0 Å². The fourth-order valence-electron chi connectivity index (χ4n) is 3.28. The molecule has 5 heteroatoms. The van der Waals surface area contributed by atoms with Crippen LogP contribution in [0.1, 0.15) is 30.4 Å². The van der Waals surface area contributed by atoms with Gasteiger partial charge in [-0.3, -0.25) is 4.79 Å². The number of nitrogens with one attached hydrogen (secondary N) is 1. The molecule has 3 aromatic rings. The van der Waals surface area contributed by atoms with E-state index in [2.05, 4.69) is 18.3 Å². The van der Waals surface area contributed by atoms with Crippen LogP contribution in [-0.2, 0) is 24.3 Å². The lowest BCUT2D eigenvalue weighted by molar-refractivity contribution is -0.118. The van der Waals surface area contributed by atoms with E-state index in [4.69, 9.17) is 10.2 Å². The minimum atomic E-state index is -0.324. The number of benzene rings is 1. The molecule has 0 bridgehead atoms. The van der Waals surface area contributed by atoms with Gasteiger partial charge in [-0.05, 0) is 44.0 Å². The van der Waals surface area contributed by atoms with Crippen LogP contribution in [0.2, 0.25) is 0 Å². The first-order valence-corrected chi connectivity index (χ1v) is 8.67. The van der Waals surface area contributed by atoms with Crippen molar-refractivity contribution < 1.29 is 9.21 Å². The highest BCUT2D eigenvalue weighted by molar-refractivity contribution is 5.87. The van der Waals surface area contributed by atoms with Crippen molar-refractivity contribution in [2.24, 2.45) is 5.73 Å². The zero-order valence-electron chi connectivity index (χ0n) is 14.8. The van der Waals surface area contributed by atoms with Crippen molar-refractivity contribution in [2.45, 2.75) is 45.8 Å². The summed E-state index contributed by atoms with van der Waals surface area (Å²) in [6.45, 7) is 5.20. The maximum atomic E-state index is 11.4. The molecule has 3 N–H and O–H groups in total. The van der Waals surface area contributed by atoms with Crippen LogP contribution in [0.25, 0.3) is 10.9 Å². The maximum absolute atomic E-state index is 11.4. The molecule has 1 aromatic carbocycles. The van der Waals surface area contributed by atoms with Crippen molar-refractivity contribution in [1.82, 2.24) is 9.88 Å². The first-order chi connectivity index (χ1) is 12.1. The van der Waals surface area contributed by atoms with Crippen molar-refractivity contribution in [3.05, 3.63) is 59.7 Å². The van der Waals surface area contributed by atoms with E-state index in [-0.39, 0.29) is 12.5 Å². The Balaban J connectivity index is 1.72. The fraction of sp³-hybridized carbons (Fsp3) is 0.350. The number of hydrogen-bond donors (Lipinski definition) is 2. The maximum Gasteiger partial charge on any atom is 0.237 e. The van der Waals surface area contributed by atoms with E-state index in [9.17, 15) is 4.79 Å². The average molecular weight is 339 g/mol. The van der Waals surface area contributed by atoms with Gasteiger partial charge in [0, 0.05) is 35.6 Å². The van der Waals surface area contributed by atoms with Crippen LogP contribution in [0.5, 0.6) is 0 Å². The lowest BCUT2D eigenvalue weighted by atomic mass is 10.1. The quantitative estimate of drug-likeness (QED) is 0.662. The molecule has 132 valence electrons. The summed E-state index contributed by atoms with van der Waals surface area (Å²) in [5.74, 6) is 0.693. The third kappa shape index (κ3) is 3.94. The molecule has 0 saturated heterocycles. The molecule has 2 aromatic heterocycles. The number of nitrogens with two attached hydrogens (primary N) is 1. The van der Waals surface area contributed by atoms with Crippen molar-refractivity contribution >= 4 is 16.8 Å². The van der Waals surface area contributed by atoms with Gasteiger partial charge < -0.3 is 20.0 Å². The molecule has 1 amide bonds. The van der Waals surface area contributed by atoms with Crippen molar-refractivity contribution in [3.8, 4) is 0 Å². The molecule has 0 spiro atoms. The zero-order chi connectivity index (χ0) is 17.8. The number of furan rings is 1. The first-order valence-electron chi connectivity index (χ1n) is 8.67. The number of primary amides is 1. The molecule has 0 aliphatic rings. The van der Waals surface area contributed by atoms with Crippen LogP contribution in [0.4, 0.5) is 0 Å². The Morgan fingerprint density at radius 2 is 2.08 bits per heavy atom. The van der Waals surface area contributed by atoms with E-state index in [0.717, 1.165) is 36.4 Å². The lowest BCUT2D eigenvalue weighted by Gasteiger charge is -2.13. The number of carbonyl (C=O) groups excluding carboxylic acids is 1. The highest BCUT2D eigenvalue weighted by Crippen LogP contribution is 2.26. The number of hydrogen-bond acceptors (Lipinski definition) is 3. The van der Waals surface area contributed by atoms with Crippen LogP contribution < -0.4 is 11.1 Å². The summed E-state index contributed by atoms with van der Waals surface area (Å²) in [7, 11) is 0.